The first-order valence-electron chi connectivity index (χ1n) is 6.91. The fraction of sp³-hybridized carbons (Fsp3) is 0.176. The predicted octanol–water partition coefficient (Wildman–Crippen LogP) is 3.69. The molecule has 4 nitrogen and oxygen atoms in total. The maximum absolute atomic E-state index is 13.5. The standard InChI is InChI=1S/C17H15F2NO3/c18-11-3-1-2-10(8-11)17(14(20)5-7-16(22)23)13-9-12(19)4-6-15(13)21/h1-4,6,8-9,17,20-21H,5,7H2,(H,22,23). The molecule has 0 bridgehead atoms. The van der Waals surface area contributed by atoms with Crippen LogP contribution in [0.5, 0.6) is 5.75 Å². The monoisotopic (exact) mass is 319 g/mol. The van der Waals surface area contributed by atoms with Crippen molar-refractivity contribution >= 4 is 11.7 Å². The van der Waals surface area contributed by atoms with E-state index in [2.05, 4.69) is 0 Å². The smallest absolute Gasteiger partial charge is 0.303 e. The third-order valence-corrected chi connectivity index (χ3v) is 3.44. The highest BCUT2D eigenvalue weighted by Gasteiger charge is 2.24. The van der Waals surface area contributed by atoms with Gasteiger partial charge in [0.05, 0.1) is 12.3 Å². The zero-order chi connectivity index (χ0) is 17.0. The van der Waals surface area contributed by atoms with Gasteiger partial charge in [0, 0.05) is 11.3 Å². The van der Waals surface area contributed by atoms with Crippen molar-refractivity contribution in [2.45, 2.75) is 18.8 Å². The van der Waals surface area contributed by atoms with Gasteiger partial charge in [-0.15, -0.1) is 0 Å². The Morgan fingerprint density at radius 3 is 2.43 bits per heavy atom. The first-order chi connectivity index (χ1) is 10.9. The highest BCUT2D eigenvalue weighted by atomic mass is 19.1. The van der Waals surface area contributed by atoms with E-state index < -0.39 is 23.5 Å². The number of carboxylic acid groups (broad SMARTS) is 1. The van der Waals surface area contributed by atoms with Gasteiger partial charge in [-0.1, -0.05) is 12.1 Å². The summed E-state index contributed by atoms with van der Waals surface area (Å²) in [5, 5.41) is 26.9. The third kappa shape index (κ3) is 4.12. The molecule has 0 fully saturated rings. The number of nitrogens with one attached hydrogen (secondary N) is 1. The van der Waals surface area contributed by atoms with Gasteiger partial charge in [-0.2, -0.15) is 0 Å². The molecule has 2 rings (SSSR count). The van der Waals surface area contributed by atoms with Gasteiger partial charge in [0.25, 0.3) is 0 Å². The Labute approximate surface area is 131 Å². The largest absolute Gasteiger partial charge is 0.508 e. The van der Waals surface area contributed by atoms with Crippen LogP contribution >= 0.6 is 0 Å². The van der Waals surface area contributed by atoms with Gasteiger partial charge < -0.3 is 15.6 Å². The Morgan fingerprint density at radius 2 is 1.78 bits per heavy atom. The Kier molecular flexibility index (Phi) is 5.05. The van der Waals surface area contributed by atoms with Crippen LogP contribution in [0.4, 0.5) is 8.78 Å². The van der Waals surface area contributed by atoms with Gasteiger partial charge in [-0.3, -0.25) is 4.79 Å². The Morgan fingerprint density at radius 1 is 1.09 bits per heavy atom. The van der Waals surface area contributed by atoms with E-state index in [1.807, 2.05) is 0 Å². The van der Waals surface area contributed by atoms with Crippen LogP contribution in [-0.4, -0.2) is 21.9 Å². The number of hydrogen-bond donors (Lipinski definition) is 3. The molecule has 1 atom stereocenters. The van der Waals surface area contributed by atoms with Gasteiger partial charge in [-0.05, 0) is 42.3 Å². The van der Waals surface area contributed by atoms with Crippen LogP contribution in [0.25, 0.3) is 0 Å². The molecule has 120 valence electrons. The lowest BCUT2D eigenvalue weighted by Crippen LogP contribution is -2.15. The lowest BCUT2D eigenvalue weighted by Gasteiger charge is -2.20. The van der Waals surface area contributed by atoms with E-state index in [0.717, 1.165) is 18.2 Å². The zero-order valence-corrected chi connectivity index (χ0v) is 12.1. The highest BCUT2D eigenvalue weighted by molar-refractivity contribution is 5.93. The number of halogens is 2. The average Bonchev–Trinajstić information content (AvgIpc) is 2.49. The normalized spacial score (nSPS) is 11.9. The number of rotatable bonds is 6. The van der Waals surface area contributed by atoms with Crippen LogP contribution in [0.2, 0.25) is 0 Å². The van der Waals surface area contributed by atoms with Crippen molar-refractivity contribution in [2.24, 2.45) is 0 Å². The van der Waals surface area contributed by atoms with E-state index in [1.54, 1.807) is 6.07 Å². The molecule has 23 heavy (non-hydrogen) atoms. The van der Waals surface area contributed by atoms with E-state index in [9.17, 15) is 18.7 Å². The number of phenolic OH excluding ortho intramolecular Hbond substituents is 1. The summed E-state index contributed by atoms with van der Waals surface area (Å²) in [7, 11) is 0. The Balaban J connectivity index is 2.48. The van der Waals surface area contributed by atoms with Crippen molar-refractivity contribution in [3.63, 3.8) is 0 Å². The summed E-state index contributed by atoms with van der Waals surface area (Å²) in [5.41, 5.74) is 0.408. The van der Waals surface area contributed by atoms with Crippen LogP contribution in [0.15, 0.2) is 42.5 Å². The fourth-order valence-corrected chi connectivity index (χ4v) is 2.40. The summed E-state index contributed by atoms with van der Waals surface area (Å²) >= 11 is 0. The molecule has 0 radical (unpaired) electrons. The quantitative estimate of drug-likeness (QED) is 0.710. The molecule has 0 saturated heterocycles. The van der Waals surface area contributed by atoms with Crippen LogP contribution in [0.1, 0.15) is 29.9 Å². The molecule has 2 aromatic rings. The molecule has 0 amide bonds. The van der Waals surface area contributed by atoms with Gasteiger partial charge in [0.15, 0.2) is 0 Å². The van der Waals surface area contributed by atoms with E-state index in [0.29, 0.717) is 5.56 Å². The van der Waals surface area contributed by atoms with Crippen LogP contribution in [0.3, 0.4) is 0 Å². The van der Waals surface area contributed by atoms with E-state index in [4.69, 9.17) is 10.5 Å². The molecule has 0 spiro atoms. The predicted molar refractivity (Wildman–Crippen MR) is 80.9 cm³/mol. The van der Waals surface area contributed by atoms with E-state index in [-0.39, 0.29) is 29.9 Å². The zero-order valence-electron chi connectivity index (χ0n) is 12.1. The van der Waals surface area contributed by atoms with Gasteiger partial charge in [-0.25, -0.2) is 8.78 Å². The maximum atomic E-state index is 13.5. The van der Waals surface area contributed by atoms with Gasteiger partial charge in [0.1, 0.15) is 17.4 Å². The number of aromatic hydroxyl groups is 1. The minimum absolute atomic E-state index is 0.0427. The molecule has 0 aliphatic carbocycles. The van der Waals surface area contributed by atoms with E-state index in [1.165, 1.54) is 18.2 Å². The molecule has 1 unspecified atom stereocenters. The lowest BCUT2D eigenvalue weighted by molar-refractivity contribution is -0.136. The molecular formula is C17H15F2NO3. The summed E-state index contributed by atoms with van der Waals surface area (Å²) in [6.07, 6.45) is -0.368. The SMILES string of the molecule is N=C(CCC(=O)O)C(c1cccc(F)c1)c1cc(F)ccc1O. The molecule has 0 aliphatic heterocycles. The number of benzene rings is 2. The molecule has 0 saturated carbocycles. The molecule has 0 aromatic heterocycles. The van der Waals surface area contributed by atoms with Crippen molar-refractivity contribution in [2.75, 3.05) is 0 Å². The van der Waals surface area contributed by atoms with Crippen LogP contribution in [-0.2, 0) is 4.79 Å². The molecule has 3 N–H and O–H groups in total. The van der Waals surface area contributed by atoms with Crippen molar-refractivity contribution in [3.8, 4) is 5.75 Å². The minimum Gasteiger partial charge on any atom is -0.508 e. The summed E-state index contributed by atoms with van der Waals surface area (Å²) in [6.45, 7) is 0. The minimum atomic E-state index is -1.07. The Hall–Kier alpha value is -2.76. The number of phenols is 1. The molecule has 2 aromatic carbocycles. The topological polar surface area (TPSA) is 81.4 Å². The molecule has 6 heteroatoms. The number of aliphatic carboxylic acids is 1. The lowest BCUT2D eigenvalue weighted by atomic mass is 9.84. The summed E-state index contributed by atoms with van der Waals surface area (Å²) in [6, 6.07) is 8.70. The van der Waals surface area contributed by atoms with Crippen molar-refractivity contribution in [1.82, 2.24) is 0 Å². The van der Waals surface area contributed by atoms with E-state index >= 15 is 0 Å². The first kappa shape index (κ1) is 16.6. The molecular weight excluding hydrogens is 304 g/mol. The summed E-state index contributed by atoms with van der Waals surface area (Å²) < 4.78 is 27.0. The van der Waals surface area contributed by atoms with Gasteiger partial charge in [0.2, 0.25) is 0 Å². The number of carboxylic acids is 1. The summed E-state index contributed by atoms with van der Waals surface area (Å²) in [5.74, 6) is -3.36. The average molecular weight is 319 g/mol. The maximum Gasteiger partial charge on any atom is 0.303 e. The Bertz CT molecular complexity index is 746. The molecule has 0 heterocycles. The molecule has 0 aliphatic rings. The first-order valence-corrected chi connectivity index (χ1v) is 6.91. The fourth-order valence-electron chi connectivity index (χ4n) is 2.40. The van der Waals surface area contributed by atoms with Crippen LogP contribution < -0.4 is 0 Å². The second kappa shape index (κ2) is 7.00. The third-order valence-electron chi connectivity index (χ3n) is 3.44. The second-order valence-electron chi connectivity index (χ2n) is 5.11. The second-order valence-corrected chi connectivity index (χ2v) is 5.11. The van der Waals surface area contributed by atoms with Crippen molar-refractivity contribution in [1.29, 1.82) is 5.41 Å². The van der Waals surface area contributed by atoms with Crippen LogP contribution in [0, 0.1) is 17.0 Å². The van der Waals surface area contributed by atoms with Crippen molar-refractivity contribution < 1.29 is 23.8 Å². The van der Waals surface area contributed by atoms with Gasteiger partial charge >= 0.3 is 5.97 Å². The number of hydrogen-bond acceptors (Lipinski definition) is 3. The number of carbonyl (C=O) groups is 1. The summed E-state index contributed by atoms with van der Waals surface area (Å²) in [4.78, 5) is 10.7. The van der Waals surface area contributed by atoms with Crippen molar-refractivity contribution in [3.05, 3.63) is 65.2 Å². The highest BCUT2D eigenvalue weighted by Crippen LogP contribution is 2.34.